The summed E-state index contributed by atoms with van der Waals surface area (Å²) in [5.41, 5.74) is 1.26. The fourth-order valence-electron chi connectivity index (χ4n) is 2.27. The molecular formula is C18H16N2O4. The van der Waals surface area contributed by atoms with E-state index >= 15 is 0 Å². The number of benzene rings is 2. The largest absolute Gasteiger partial charge is 0.457 e. The maximum absolute atomic E-state index is 11.7. The van der Waals surface area contributed by atoms with Crippen LogP contribution in [0.15, 0.2) is 42.5 Å². The van der Waals surface area contributed by atoms with E-state index in [9.17, 15) is 14.4 Å². The summed E-state index contributed by atoms with van der Waals surface area (Å²) in [6, 6.07) is 11.7. The van der Waals surface area contributed by atoms with Crippen LogP contribution in [0.5, 0.6) is 11.5 Å². The van der Waals surface area contributed by atoms with Crippen molar-refractivity contribution in [2.75, 3.05) is 5.32 Å². The van der Waals surface area contributed by atoms with Crippen LogP contribution in [0.3, 0.4) is 0 Å². The van der Waals surface area contributed by atoms with Crippen molar-refractivity contribution < 1.29 is 19.1 Å². The van der Waals surface area contributed by atoms with Gasteiger partial charge in [-0.25, -0.2) is 0 Å². The van der Waals surface area contributed by atoms with Crippen LogP contribution in [0.1, 0.15) is 34.6 Å². The van der Waals surface area contributed by atoms with Gasteiger partial charge < -0.3 is 10.1 Å². The number of amides is 3. The van der Waals surface area contributed by atoms with Crippen molar-refractivity contribution in [1.29, 1.82) is 0 Å². The van der Waals surface area contributed by atoms with Crippen molar-refractivity contribution in [1.82, 2.24) is 5.32 Å². The Morgan fingerprint density at radius 1 is 1.00 bits per heavy atom. The average Bonchev–Trinajstić information content (AvgIpc) is 2.82. The van der Waals surface area contributed by atoms with E-state index in [0.717, 1.165) is 0 Å². The molecule has 0 unspecified atom stereocenters. The minimum Gasteiger partial charge on any atom is -0.457 e. The fourth-order valence-corrected chi connectivity index (χ4v) is 2.27. The van der Waals surface area contributed by atoms with Crippen LogP contribution in [-0.2, 0) is 4.79 Å². The van der Waals surface area contributed by atoms with E-state index in [4.69, 9.17) is 4.74 Å². The molecule has 6 heteroatoms. The number of carbonyl (C=O) groups excluding carboxylic acids is 3. The summed E-state index contributed by atoms with van der Waals surface area (Å²) in [7, 11) is 0. The summed E-state index contributed by atoms with van der Waals surface area (Å²) in [4.78, 5) is 35.0. The molecule has 0 bridgehead atoms. The summed E-state index contributed by atoms with van der Waals surface area (Å²) in [6.45, 7) is 3.62. The van der Waals surface area contributed by atoms with Crippen LogP contribution in [0.4, 0.5) is 5.69 Å². The second-order valence-corrected chi connectivity index (χ2v) is 5.76. The van der Waals surface area contributed by atoms with Crippen molar-refractivity contribution in [3.05, 3.63) is 53.6 Å². The van der Waals surface area contributed by atoms with Gasteiger partial charge in [0.2, 0.25) is 5.91 Å². The first-order valence-electron chi connectivity index (χ1n) is 7.52. The summed E-state index contributed by atoms with van der Waals surface area (Å²) in [5.74, 6) is -0.0901. The minimum absolute atomic E-state index is 0.0835. The van der Waals surface area contributed by atoms with Crippen LogP contribution in [0, 0.1) is 5.92 Å². The Balaban J connectivity index is 1.80. The van der Waals surface area contributed by atoms with E-state index in [-0.39, 0.29) is 11.8 Å². The highest BCUT2D eigenvalue weighted by atomic mass is 16.5. The topological polar surface area (TPSA) is 84.5 Å². The van der Waals surface area contributed by atoms with E-state index in [1.807, 2.05) is 13.8 Å². The number of nitrogens with one attached hydrogen (secondary N) is 2. The van der Waals surface area contributed by atoms with Gasteiger partial charge in [0.15, 0.2) is 0 Å². The highest BCUT2D eigenvalue weighted by molar-refractivity contribution is 6.21. The number of rotatable bonds is 4. The average molecular weight is 324 g/mol. The van der Waals surface area contributed by atoms with Crippen LogP contribution in [0.25, 0.3) is 0 Å². The third kappa shape index (κ3) is 3.12. The van der Waals surface area contributed by atoms with Crippen LogP contribution in [0.2, 0.25) is 0 Å². The van der Waals surface area contributed by atoms with Gasteiger partial charge >= 0.3 is 0 Å². The summed E-state index contributed by atoms with van der Waals surface area (Å²) in [6.07, 6.45) is 0. The van der Waals surface area contributed by atoms with Gasteiger partial charge in [-0.05, 0) is 30.3 Å². The van der Waals surface area contributed by atoms with Crippen molar-refractivity contribution in [3.63, 3.8) is 0 Å². The third-order valence-corrected chi connectivity index (χ3v) is 3.57. The predicted molar refractivity (Wildman–Crippen MR) is 88.2 cm³/mol. The smallest absolute Gasteiger partial charge is 0.259 e. The lowest BCUT2D eigenvalue weighted by atomic mass is 10.1. The molecule has 122 valence electrons. The summed E-state index contributed by atoms with van der Waals surface area (Å²) in [5, 5.41) is 5.03. The van der Waals surface area contributed by atoms with E-state index in [1.54, 1.807) is 36.4 Å². The lowest BCUT2D eigenvalue weighted by Crippen LogP contribution is -2.19. The maximum atomic E-state index is 11.7. The number of ether oxygens (including phenoxy) is 1. The first kappa shape index (κ1) is 15.7. The monoisotopic (exact) mass is 324 g/mol. The molecule has 2 aromatic rings. The molecule has 0 fully saturated rings. The predicted octanol–water partition coefficient (Wildman–Crippen LogP) is 2.96. The van der Waals surface area contributed by atoms with Gasteiger partial charge in [-0.2, -0.15) is 0 Å². The molecule has 1 aliphatic heterocycles. The number of fused-ring (bicyclic) bond motifs is 1. The molecular weight excluding hydrogens is 308 g/mol. The highest BCUT2D eigenvalue weighted by Gasteiger charge is 2.26. The molecule has 0 aromatic heterocycles. The van der Waals surface area contributed by atoms with Crippen LogP contribution >= 0.6 is 0 Å². The molecule has 0 spiro atoms. The number of anilines is 1. The number of imide groups is 1. The molecule has 3 amide bonds. The van der Waals surface area contributed by atoms with Gasteiger partial charge in [0, 0.05) is 17.7 Å². The zero-order chi connectivity index (χ0) is 17.3. The van der Waals surface area contributed by atoms with E-state index in [1.165, 1.54) is 6.07 Å². The molecule has 1 aliphatic rings. The molecule has 0 saturated heterocycles. The van der Waals surface area contributed by atoms with E-state index < -0.39 is 11.8 Å². The second kappa shape index (κ2) is 6.16. The number of carbonyl (C=O) groups is 3. The van der Waals surface area contributed by atoms with E-state index in [0.29, 0.717) is 28.3 Å². The van der Waals surface area contributed by atoms with Crippen molar-refractivity contribution in [2.24, 2.45) is 5.92 Å². The Hall–Kier alpha value is -3.15. The molecule has 24 heavy (non-hydrogen) atoms. The molecule has 2 N–H and O–H groups in total. The molecule has 2 aromatic carbocycles. The zero-order valence-corrected chi connectivity index (χ0v) is 13.3. The van der Waals surface area contributed by atoms with Gasteiger partial charge in [-0.15, -0.1) is 0 Å². The summed E-state index contributed by atoms with van der Waals surface area (Å²) < 4.78 is 5.73. The Bertz CT molecular complexity index is 843. The zero-order valence-electron chi connectivity index (χ0n) is 13.3. The third-order valence-electron chi connectivity index (χ3n) is 3.57. The molecule has 3 rings (SSSR count). The van der Waals surface area contributed by atoms with Gasteiger partial charge in [0.1, 0.15) is 11.5 Å². The van der Waals surface area contributed by atoms with Crippen molar-refractivity contribution in [3.8, 4) is 11.5 Å². The number of hydrogen-bond acceptors (Lipinski definition) is 4. The van der Waals surface area contributed by atoms with E-state index in [2.05, 4.69) is 10.6 Å². The lowest BCUT2D eigenvalue weighted by Gasteiger charge is -2.10. The van der Waals surface area contributed by atoms with Gasteiger partial charge in [0.05, 0.1) is 11.1 Å². The normalized spacial score (nSPS) is 12.8. The minimum atomic E-state index is -0.432. The number of hydrogen-bond donors (Lipinski definition) is 2. The maximum Gasteiger partial charge on any atom is 0.259 e. The summed E-state index contributed by atoms with van der Waals surface area (Å²) >= 11 is 0. The van der Waals surface area contributed by atoms with Crippen LogP contribution < -0.4 is 15.4 Å². The van der Waals surface area contributed by atoms with Crippen LogP contribution in [-0.4, -0.2) is 17.7 Å². The molecule has 0 saturated carbocycles. The Labute approximate surface area is 138 Å². The van der Waals surface area contributed by atoms with Crippen molar-refractivity contribution in [2.45, 2.75) is 13.8 Å². The quantitative estimate of drug-likeness (QED) is 0.847. The standard InChI is InChI=1S/C18H16N2O4/c1-10(2)16(21)19-11-4-3-5-12(8-11)24-13-6-7-14-15(9-13)18(23)20-17(14)22/h3-10H,1-2H3,(H,19,21)(H,20,22,23). The molecule has 0 radical (unpaired) electrons. The van der Waals surface area contributed by atoms with Gasteiger partial charge in [-0.3, -0.25) is 19.7 Å². The fraction of sp³-hybridized carbons (Fsp3) is 0.167. The Morgan fingerprint density at radius 3 is 2.46 bits per heavy atom. The first-order valence-corrected chi connectivity index (χ1v) is 7.52. The first-order chi connectivity index (χ1) is 11.4. The lowest BCUT2D eigenvalue weighted by molar-refractivity contribution is -0.118. The van der Waals surface area contributed by atoms with Gasteiger partial charge in [-0.1, -0.05) is 19.9 Å². The molecule has 0 atom stereocenters. The molecule has 0 aliphatic carbocycles. The highest BCUT2D eigenvalue weighted by Crippen LogP contribution is 2.27. The Morgan fingerprint density at radius 2 is 1.71 bits per heavy atom. The Kier molecular flexibility index (Phi) is 4.04. The van der Waals surface area contributed by atoms with Crippen molar-refractivity contribution >= 4 is 23.4 Å². The SMILES string of the molecule is CC(C)C(=O)Nc1cccc(Oc2ccc3c(c2)C(=O)NC3=O)c1. The molecule has 1 heterocycles. The van der Waals surface area contributed by atoms with Gasteiger partial charge in [0.25, 0.3) is 11.8 Å². The molecule has 6 nitrogen and oxygen atoms in total. The second-order valence-electron chi connectivity index (χ2n) is 5.76.